The second-order valence-corrected chi connectivity index (χ2v) is 7.53. The Bertz CT molecular complexity index is 688. The van der Waals surface area contributed by atoms with Crippen LogP contribution in [0, 0.1) is 11.2 Å². The summed E-state index contributed by atoms with van der Waals surface area (Å²) in [7, 11) is 1.75. The normalized spacial score (nSPS) is 11.4. The van der Waals surface area contributed by atoms with Gasteiger partial charge in [0.05, 0.1) is 18.4 Å². The molecule has 0 bridgehead atoms. The number of urea groups is 1. The maximum absolute atomic E-state index is 13.1. The van der Waals surface area contributed by atoms with Crippen LogP contribution in [0.1, 0.15) is 39.2 Å². The van der Waals surface area contributed by atoms with Crippen molar-refractivity contribution in [3.05, 3.63) is 41.8 Å². The van der Waals surface area contributed by atoms with Crippen LogP contribution in [0.4, 0.5) is 9.18 Å². The minimum absolute atomic E-state index is 0.111. The monoisotopic (exact) mass is 346 g/mol. The minimum atomic E-state index is -0.281. The van der Waals surface area contributed by atoms with Gasteiger partial charge in [-0.05, 0) is 42.5 Å². The van der Waals surface area contributed by atoms with Crippen molar-refractivity contribution in [2.24, 2.45) is 5.41 Å². The highest BCUT2D eigenvalue weighted by Gasteiger charge is 2.14. The molecule has 1 aromatic heterocycles. The zero-order valence-electron chi connectivity index (χ0n) is 15.4. The number of hydrogen-bond acceptors (Lipinski definition) is 2. The van der Waals surface area contributed by atoms with Crippen LogP contribution in [0.2, 0.25) is 0 Å². The van der Waals surface area contributed by atoms with Gasteiger partial charge in [0.25, 0.3) is 0 Å². The molecule has 2 rings (SSSR count). The van der Waals surface area contributed by atoms with Crippen LogP contribution in [0.15, 0.2) is 30.5 Å². The standard InChI is InChI=1S/C19H27FN4O/c1-19(2,3)10-5-11-21-18(25)24(4)13-15-12-22-23-17(15)14-6-8-16(20)9-7-14/h6-9,12H,5,10-11,13H2,1-4H3,(H,21,25)(H,22,23). The number of nitrogens with one attached hydrogen (secondary N) is 2. The molecule has 0 aliphatic rings. The van der Waals surface area contributed by atoms with Crippen molar-refractivity contribution in [2.45, 2.75) is 40.2 Å². The molecule has 0 saturated carbocycles. The molecule has 25 heavy (non-hydrogen) atoms. The van der Waals surface area contributed by atoms with Gasteiger partial charge in [0.1, 0.15) is 5.82 Å². The highest BCUT2D eigenvalue weighted by atomic mass is 19.1. The summed E-state index contributed by atoms with van der Waals surface area (Å²) in [6, 6.07) is 6.09. The zero-order chi connectivity index (χ0) is 18.4. The number of hydrogen-bond donors (Lipinski definition) is 2. The molecule has 0 fully saturated rings. The van der Waals surface area contributed by atoms with E-state index in [0.29, 0.717) is 13.1 Å². The molecule has 0 spiro atoms. The van der Waals surface area contributed by atoms with Crippen molar-refractivity contribution in [3.8, 4) is 11.3 Å². The molecule has 2 aromatic rings. The average molecular weight is 346 g/mol. The van der Waals surface area contributed by atoms with E-state index in [1.54, 1.807) is 30.3 Å². The van der Waals surface area contributed by atoms with E-state index in [1.807, 2.05) is 0 Å². The summed E-state index contributed by atoms with van der Waals surface area (Å²) >= 11 is 0. The number of benzene rings is 1. The van der Waals surface area contributed by atoms with Gasteiger partial charge in [0, 0.05) is 24.7 Å². The number of carbonyl (C=O) groups is 1. The third-order valence-corrected chi connectivity index (χ3v) is 3.98. The first-order valence-electron chi connectivity index (χ1n) is 8.53. The summed E-state index contributed by atoms with van der Waals surface area (Å²) in [4.78, 5) is 13.8. The van der Waals surface area contributed by atoms with E-state index in [9.17, 15) is 9.18 Å². The Kier molecular flexibility index (Phi) is 6.17. The maximum Gasteiger partial charge on any atom is 0.317 e. The molecule has 0 saturated heterocycles. The molecule has 6 heteroatoms. The van der Waals surface area contributed by atoms with Crippen LogP contribution in [0.25, 0.3) is 11.3 Å². The fourth-order valence-corrected chi connectivity index (χ4v) is 2.57. The van der Waals surface area contributed by atoms with Crippen LogP contribution < -0.4 is 5.32 Å². The lowest BCUT2D eigenvalue weighted by molar-refractivity contribution is 0.206. The molecule has 2 amide bonds. The molecule has 0 unspecified atom stereocenters. The zero-order valence-corrected chi connectivity index (χ0v) is 15.4. The number of amides is 2. The van der Waals surface area contributed by atoms with Crippen molar-refractivity contribution in [1.82, 2.24) is 20.4 Å². The number of halogens is 1. The number of aromatic nitrogens is 2. The van der Waals surface area contributed by atoms with Gasteiger partial charge >= 0.3 is 6.03 Å². The van der Waals surface area contributed by atoms with Crippen molar-refractivity contribution in [1.29, 1.82) is 0 Å². The highest BCUT2D eigenvalue weighted by Crippen LogP contribution is 2.22. The molecule has 0 atom stereocenters. The first-order chi connectivity index (χ1) is 11.8. The average Bonchev–Trinajstić information content (AvgIpc) is 2.99. The molecule has 1 aromatic carbocycles. The van der Waals surface area contributed by atoms with E-state index in [1.165, 1.54) is 12.1 Å². The van der Waals surface area contributed by atoms with Crippen molar-refractivity contribution < 1.29 is 9.18 Å². The highest BCUT2D eigenvalue weighted by molar-refractivity contribution is 5.74. The Morgan fingerprint density at radius 2 is 1.96 bits per heavy atom. The lowest BCUT2D eigenvalue weighted by Gasteiger charge is -2.20. The second kappa shape index (κ2) is 8.14. The van der Waals surface area contributed by atoms with E-state index in [-0.39, 0.29) is 17.3 Å². The number of carbonyl (C=O) groups excluding carboxylic acids is 1. The van der Waals surface area contributed by atoms with Gasteiger partial charge in [-0.15, -0.1) is 0 Å². The van der Waals surface area contributed by atoms with Gasteiger partial charge in [-0.25, -0.2) is 9.18 Å². The molecule has 1 heterocycles. The predicted octanol–water partition coefficient (Wildman–Crippen LogP) is 4.18. The summed E-state index contributed by atoms with van der Waals surface area (Å²) in [6.45, 7) is 7.66. The number of aromatic amines is 1. The maximum atomic E-state index is 13.1. The first-order valence-corrected chi connectivity index (χ1v) is 8.53. The van der Waals surface area contributed by atoms with Gasteiger partial charge in [0.2, 0.25) is 0 Å². The van der Waals surface area contributed by atoms with Crippen LogP contribution in [0.5, 0.6) is 0 Å². The van der Waals surface area contributed by atoms with E-state index in [0.717, 1.165) is 29.7 Å². The smallest absolute Gasteiger partial charge is 0.317 e. The van der Waals surface area contributed by atoms with Gasteiger partial charge in [-0.3, -0.25) is 5.10 Å². The quantitative estimate of drug-likeness (QED) is 0.771. The van der Waals surface area contributed by atoms with Gasteiger partial charge in [0.15, 0.2) is 0 Å². The third-order valence-electron chi connectivity index (χ3n) is 3.98. The summed E-state index contributed by atoms with van der Waals surface area (Å²) in [5.41, 5.74) is 2.80. The molecule has 136 valence electrons. The van der Waals surface area contributed by atoms with E-state index < -0.39 is 0 Å². The Labute approximate surface area is 148 Å². The topological polar surface area (TPSA) is 61.0 Å². The second-order valence-electron chi connectivity index (χ2n) is 7.53. The lowest BCUT2D eigenvalue weighted by Crippen LogP contribution is -2.37. The van der Waals surface area contributed by atoms with Crippen LogP contribution in [-0.2, 0) is 6.54 Å². The summed E-state index contributed by atoms with van der Waals surface area (Å²) < 4.78 is 13.1. The Hall–Kier alpha value is -2.37. The number of rotatable bonds is 6. The SMILES string of the molecule is CN(Cc1cn[nH]c1-c1ccc(F)cc1)C(=O)NCCCC(C)(C)C. The molecule has 0 aliphatic heterocycles. The number of nitrogens with zero attached hydrogens (tertiary/aromatic N) is 2. The molecular weight excluding hydrogens is 319 g/mol. The summed E-state index contributed by atoms with van der Waals surface area (Å²) in [5.74, 6) is -0.281. The summed E-state index contributed by atoms with van der Waals surface area (Å²) in [6.07, 6.45) is 3.71. The van der Waals surface area contributed by atoms with Crippen LogP contribution >= 0.6 is 0 Å². The van der Waals surface area contributed by atoms with Gasteiger partial charge in [-0.1, -0.05) is 20.8 Å². The molecular formula is C19H27FN4O. The van der Waals surface area contributed by atoms with Crippen molar-refractivity contribution in [3.63, 3.8) is 0 Å². The Morgan fingerprint density at radius 1 is 1.28 bits per heavy atom. The van der Waals surface area contributed by atoms with E-state index in [4.69, 9.17) is 0 Å². The Balaban J connectivity index is 1.90. The van der Waals surface area contributed by atoms with E-state index >= 15 is 0 Å². The minimum Gasteiger partial charge on any atom is -0.338 e. The third kappa shape index (κ3) is 5.89. The van der Waals surface area contributed by atoms with Crippen LogP contribution in [-0.4, -0.2) is 34.7 Å². The molecule has 0 radical (unpaired) electrons. The van der Waals surface area contributed by atoms with Crippen molar-refractivity contribution >= 4 is 6.03 Å². The van der Waals surface area contributed by atoms with Gasteiger partial charge < -0.3 is 10.2 Å². The Morgan fingerprint density at radius 3 is 2.60 bits per heavy atom. The van der Waals surface area contributed by atoms with Gasteiger partial charge in [-0.2, -0.15) is 5.10 Å². The van der Waals surface area contributed by atoms with Crippen molar-refractivity contribution in [2.75, 3.05) is 13.6 Å². The first kappa shape index (κ1) is 19.0. The molecule has 5 nitrogen and oxygen atoms in total. The van der Waals surface area contributed by atoms with Crippen LogP contribution in [0.3, 0.4) is 0 Å². The molecule has 2 N–H and O–H groups in total. The largest absolute Gasteiger partial charge is 0.338 e. The lowest BCUT2D eigenvalue weighted by atomic mass is 9.91. The molecule has 0 aliphatic carbocycles. The fraction of sp³-hybridized carbons (Fsp3) is 0.474. The fourth-order valence-electron chi connectivity index (χ4n) is 2.57. The predicted molar refractivity (Wildman–Crippen MR) is 97.5 cm³/mol. The summed E-state index contributed by atoms with van der Waals surface area (Å²) in [5, 5.41) is 9.92. The van der Waals surface area contributed by atoms with E-state index in [2.05, 4.69) is 36.3 Å². The number of H-pyrrole nitrogens is 1.